The van der Waals surface area contributed by atoms with Gasteiger partial charge in [0.15, 0.2) is 0 Å². The Labute approximate surface area is 115 Å². The van der Waals surface area contributed by atoms with Gasteiger partial charge in [-0.1, -0.05) is 13.8 Å². The molecule has 0 radical (unpaired) electrons. The molecule has 1 aliphatic rings. The standard InChI is InChI=1S/C14H27N3O2/c1-4-7-16-14(19)11(3)17-13(18)9-12-10(2)6-5-8-15-12/h10-12,15H,4-9H2,1-3H3,(H,16,19)(H,17,18). The van der Waals surface area contributed by atoms with Crippen molar-refractivity contribution in [2.75, 3.05) is 13.1 Å². The van der Waals surface area contributed by atoms with Gasteiger partial charge in [-0.25, -0.2) is 0 Å². The van der Waals surface area contributed by atoms with Gasteiger partial charge in [0.25, 0.3) is 0 Å². The number of nitrogens with one attached hydrogen (secondary N) is 3. The van der Waals surface area contributed by atoms with E-state index in [1.54, 1.807) is 6.92 Å². The second-order valence-corrected chi connectivity index (χ2v) is 5.46. The quantitative estimate of drug-likeness (QED) is 0.668. The van der Waals surface area contributed by atoms with E-state index in [1.807, 2.05) is 6.92 Å². The minimum absolute atomic E-state index is 0.0506. The fraction of sp³-hybridized carbons (Fsp3) is 0.857. The maximum atomic E-state index is 11.9. The average Bonchev–Trinajstić information content (AvgIpc) is 2.38. The molecular formula is C14H27N3O2. The van der Waals surface area contributed by atoms with Crippen molar-refractivity contribution in [1.29, 1.82) is 0 Å². The molecule has 1 fully saturated rings. The van der Waals surface area contributed by atoms with Crippen molar-refractivity contribution in [3.63, 3.8) is 0 Å². The molecule has 3 atom stereocenters. The Balaban J connectivity index is 2.31. The van der Waals surface area contributed by atoms with E-state index in [4.69, 9.17) is 0 Å². The highest BCUT2D eigenvalue weighted by atomic mass is 16.2. The summed E-state index contributed by atoms with van der Waals surface area (Å²) in [5, 5.41) is 8.92. The summed E-state index contributed by atoms with van der Waals surface area (Å²) in [4.78, 5) is 23.6. The lowest BCUT2D eigenvalue weighted by Gasteiger charge is -2.29. The zero-order chi connectivity index (χ0) is 14.3. The van der Waals surface area contributed by atoms with Gasteiger partial charge < -0.3 is 16.0 Å². The highest BCUT2D eigenvalue weighted by Gasteiger charge is 2.24. The summed E-state index contributed by atoms with van der Waals surface area (Å²) in [5.74, 6) is 0.356. The van der Waals surface area contributed by atoms with Gasteiger partial charge in [-0.15, -0.1) is 0 Å². The maximum Gasteiger partial charge on any atom is 0.242 e. The third kappa shape index (κ3) is 5.59. The number of hydrogen-bond donors (Lipinski definition) is 3. The molecule has 0 aromatic carbocycles. The Morgan fingerprint density at radius 2 is 2.16 bits per heavy atom. The molecule has 110 valence electrons. The number of hydrogen-bond acceptors (Lipinski definition) is 3. The molecule has 3 unspecified atom stereocenters. The monoisotopic (exact) mass is 269 g/mol. The third-order valence-electron chi connectivity index (χ3n) is 3.65. The number of rotatable bonds is 6. The zero-order valence-electron chi connectivity index (χ0n) is 12.3. The average molecular weight is 269 g/mol. The van der Waals surface area contributed by atoms with Gasteiger partial charge in [0.05, 0.1) is 0 Å². The van der Waals surface area contributed by atoms with Crippen LogP contribution in [0, 0.1) is 5.92 Å². The highest BCUT2D eigenvalue weighted by molar-refractivity contribution is 5.87. The summed E-state index contributed by atoms with van der Waals surface area (Å²) in [6.45, 7) is 7.52. The molecule has 19 heavy (non-hydrogen) atoms. The number of carbonyl (C=O) groups is 2. The number of carbonyl (C=O) groups excluding carboxylic acids is 2. The minimum Gasteiger partial charge on any atom is -0.354 e. The van der Waals surface area contributed by atoms with Crippen LogP contribution in [-0.4, -0.2) is 37.0 Å². The van der Waals surface area contributed by atoms with Crippen LogP contribution in [0.2, 0.25) is 0 Å². The van der Waals surface area contributed by atoms with E-state index in [0.717, 1.165) is 19.4 Å². The second-order valence-electron chi connectivity index (χ2n) is 5.46. The fourth-order valence-electron chi connectivity index (χ4n) is 2.35. The van der Waals surface area contributed by atoms with Gasteiger partial charge in [-0.2, -0.15) is 0 Å². The van der Waals surface area contributed by atoms with Crippen molar-refractivity contribution in [2.24, 2.45) is 5.92 Å². The summed E-state index contributed by atoms with van der Waals surface area (Å²) < 4.78 is 0. The SMILES string of the molecule is CCCNC(=O)C(C)NC(=O)CC1NCCCC1C. The normalized spacial score (nSPS) is 24.6. The van der Waals surface area contributed by atoms with E-state index in [9.17, 15) is 9.59 Å². The molecule has 0 aliphatic carbocycles. The van der Waals surface area contributed by atoms with Crippen LogP contribution in [0.15, 0.2) is 0 Å². The van der Waals surface area contributed by atoms with Crippen LogP contribution in [0.4, 0.5) is 0 Å². The largest absolute Gasteiger partial charge is 0.354 e. The molecule has 1 saturated heterocycles. The Kier molecular flexibility index (Phi) is 6.84. The van der Waals surface area contributed by atoms with E-state index >= 15 is 0 Å². The summed E-state index contributed by atoms with van der Waals surface area (Å²) in [5.41, 5.74) is 0. The minimum atomic E-state index is -0.460. The molecule has 1 aliphatic heterocycles. The highest BCUT2D eigenvalue weighted by Crippen LogP contribution is 2.17. The molecule has 3 N–H and O–H groups in total. The van der Waals surface area contributed by atoms with Gasteiger partial charge in [-0.05, 0) is 38.6 Å². The van der Waals surface area contributed by atoms with Crippen molar-refractivity contribution in [1.82, 2.24) is 16.0 Å². The molecule has 0 aromatic heterocycles. The van der Waals surface area contributed by atoms with Crippen LogP contribution in [0.5, 0.6) is 0 Å². The Morgan fingerprint density at radius 3 is 2.79 bits per heavy atom. The first-order valence-electron chi connectivity index (χ1n) is 7.35. The molecule has 1 rings (SSSR count). The van der Waals surface area contributed by atoms with Crippen molar-refractivity contribution in [3.05, 3.63) is 0 Å². The van der Waals surface area contributed by atoms with Crippen LogP contribution in [-0.2, 0) is 9.59 Å². The van der Waals surface area contributed by atoms with Crippen LogP contribution in [0.1, 0.15) is 46.5 Å². The van der Waals surface area contributed by atoms with Crippen molar-refractivity contribution in [3.8, 4) is 0 Å². The molecule has 0 saturated carbocycles. The van der Waals surface area contributed by atoms with E-state index in [0.29, 0.717) is 18.9 Å². The summed E-state index contributed by atoms with van der Waals surface area (Å²) in [6.07, 6.45) is 3.69. The summed E-state index contributed by atoms with van der Waals surface area (Å²) in [6, 6.07) is -0.224. The van der Waals surface area contributed by atoms with Gasteiger partial charge in [0, 0.05) is 19.0 Å². The van der Waals surface area contributed by atoms with Crippen molar-refractivity contribution < 1.29 is 9.59 Å². The van der Waals surface area contributed by atoms with Crippen molar-refractivity contribution in [2.45, 2.75) is 58.5 Å². The Bertz CT molecular complexity index is 307. The first-order chi connectivity index (χ1) is 9.04. The zero-order valence-corrected chi connectivity index (χ0v) is 12.3. The maximum absolute atomic E-state index is 11.9. The van der Waals surface area contributed by atoms with Crippen LogP contribution >= 0.6 is 0 Å². The van der Waals surface area contributed by atoms with Gasteiger partial charge in [0.2, 0.25) is 11.8 Å². The lowest BCUT2D eigenvalue weighted by atomic mass is 9.90. The molecule has 0 aromatic rings. The predicted octanol–water partition coefficient (Wildman–Crippen LogP) is 0.796. The molecule has 1 heterocycles. The molecular weight excluding hydrogens is 242 g/mol. The first-order valence-corrected chi connectivity index (χ1v) is 7.35. The lowest BCUT2D eigenvalue weighted by molar-refractivity contribution is -0.129. The fourth-order valence-corrected chi connectivity index (χ4v) is 2.35. The van der Waals surface area contributed by atoms with Gasteiger partial charge in [0.1, 0.15) is 6.04 Å². The van der Waals surface area contributed by atoms with E-state index in [-0.39, 0.29) is 17.9 Å². The lowest BCUT2D eigenvalue weighted by Crippen LogP contribution is -2.48. The molecule has 5 heteroatoms. The number of amides is 2. The molecule has 0 spiro atoms. The van der Waals surface area contributed by atoms with Crippen LogP contribution in [0.3, 0.4) is 0 Å². The Hall–Kier alpha value is -1.10. The topological polar surface area (TPSA) is 70.2 Å². The summed E-state index contributed by atoms with van der Waals surface area (Å²) >= 11 is 0. The summed E-state index contributed by atoms with van der Waals surface area (Å²) in [7, 11) is 0. The first kappa shape index (κ1) is 16.0. The van der Waals surface area contributed by atoms with Crippen molar-refractivity contribution >= 4 is 11.8 Å². The Morgan fingerprint density at radius 1 is 1.42 bits per heavy atom. The van der Waals surface area contributed by atoms with E-state index in [2.05, 4.69) is 22.9 Å². The second kappa shape index (κ2) is 8.15. The van der Waals surface area contributed by atoms with E-state index in [1.165, 1.54) is 6.42 Å². The third-order valence-corrected chi connectivity index (χ3v) is 3.65. The van der Waals surface area contributed by atoms with Gasteiger partial charge >= 0.3 is 0 Å². The number of piperidine rings is 1. The van der Waals surface area contributed by atoms with Crippen LogP contribution in [0.25, 0.3) is 0 Å². The van der Waals surface area contributed by atoms with Gasteiger partial charge in [-0.3, -0.25) is 9.59 Å². The smallest absolute Gasteiger partial charge is 0.242 e. The molecule has 0 bridgehead atoms. The van der Waals surface area contributed by atoms with E-state index < -0.39 is 6.04 Å². The predicted molar refractivity (Wildman–Crippen MR) is 75.7 cm³/mol. The van der Waals surface area contributed by atoms with Crippen LogP contribution < -0.4 is 16.0 Å². The molecule has 2 amide bonds. The molecule has 5 nitrogen and oxygen atoms in total.